The SMILES string of the molecule is Cc1ncc2n1CCCN2. The van der Waals surface area contributed by atoms with E-state index in [1.165, 1.54) is 12.2 Å². The lowest BCUT2D eigenvalue weighted by molar-refractivity contribution is 0.614. The predicted octanol–water partition coefficient (Wildman–Crippen LogP) is 1.01. The van der Waals surface area contributed by atoms with Crippen molar-refractivity contribution in [2.75, 3.05) is 11.9 Å². The highest BCUT2D eigenvalue weighted by Gasteiger charge is 2.08. The van der Waals surface area contributed by atoms with Crippen LogP contribution in [0.3, 0.4) is 0 Å². The van der Waals surface area contributed by atoms with E-state index in [9.17, 15) is 0 Å². The molecular formula is C7H11N3. The zero-order valence-corrected chi connectivity index (χ0v) is 6.09. The third-order valence-electron chi connectivity index (χ3n) is 1.92. The summed E-state index contributed by atoms with van der Waals surface area (Å²) in [6.07, 6.45) is 3.11. The highest BCUT2D eigenvalue weighted by Crippen LogP contribution is 2.14. The van der Waals surface area contributed by atoms with Crippen LogP contribution in [0, 0.1) is 6.92 Å². The summed E-state index contributed by atoms with van der Waals surface area (Å²) in [5.74, 6) is 2.28. The molecule has 0 atom stereocenters. The molecule has 1 aromatic heterocycles. The smallest absolute Gasteiger partial charge is 0.126 e. The van der Waals surface area contributed by atoms with Crippen molar-refractivity contribution >= 4 is 5.82 Å². The molecule has 1 aliphatic heterocycles. The van der Waals surface area contributed by atoms with Gasteiger partial charge in [0.25, 0.3) is 0 Å². The molecule has 0 fully saturated rings. The fourth-order valence-corrected chi connectivity index (χ4v) is 1.35. The molecule has 0 spiro atoms. The third-order valence-corrected chi connectivity index (χ3v) is 1.92. The van der Waals surface area contributed by atoms with Gasteiger partial charge in [-0.3, -0.25) is 0 Å². The molecule has 0 aliphatic carbocycles. The van der Waals surface area contributed by atoms with Gasteiger partial charge in [0.15, 0.2) is 0 Å². The number of anilines is 1. The van der Waals surface area contributed by atoms with E-state index in [4.69, 9.17) is 0 Å². The van der Waals surface area contributed by atoms with Gasteiger partial charge < -0.3 is 9.88 Å². The minimum Gasteiger partial charge on any atom is -0.370 e. The summed E-state index contributed by atoms with van der Waals surface area (Å²) in [4.78, 5) is 4.20. The third kappa shape index (κ3) is 0.701. The fraction of sp³-hybridized carbons (Fsp3) is 0.571. The zero-order chi connectivity index (χ0) is 6.97. The molecule has 3 nitrogen and oxygen atoms in total. The highest BCUT2D eigenvalue weighted by molar-refractivity contribution is 5.36. The van der Waals surface area contributed by atoms with Crippen LogP contribution >= 0.6 is 0 Å². The summed E-state index contributed by atoms with van der Waals surface area (Å²) in [7, 11) is 0. The first kappa shape index (κ1) is 5.77. The number of nitrogens with zero attached hydrogens (tertiary/aromatic N) is 2. The molecule has 1 aliphatic rings. The van der Waals surface area contributed by atoms with E-state index >= 15 is 0 Å². The maximum absolute atomic E-state index is 4.20. The highest BCUT2D eigenvalue weighted by atomic mass is 15.2. The van der Waals surface area contributed by atoms with Crippen molar-refractivity contribution in [2.45, 2.75) is 19.9 Å². The lowest BCUT2D eigenvalue weighted by Gasteiger charge is -2.16. The number of hydrogen-bond donors (Lipinski definition) is 1. The van der Waals surface area contributed by atoms with Gasteiger partial charge >= 0.3 is 0 Å². The maximum Gasteiger partial charge on any atom is 0.126 e. The quantitative estimate of drug-likeness (QED) is 0.578. The van der Waals surface area contributed by atoms with Crippen LogP contribution in [0.4, 0.5) is 5.82 Å². The Morgan fingerprint density at radius 3 is 3.40 bits per heavy atom. The maximum atomic E-state index is 4.20. The molecular weight excluding hydrogens is 126 g/mol. The Hall–Kier alpha value is -0.990. The lowest BCUT2D eigenvalue weighted by Crippen LogP contribution is -2.17. The van der Waals surface area contributed by atoms with Gasteiger partial charge in [-0.05, 0) is 13.3 Å². The van der Waals surface area contributed by atoms with Gasteiger partial charge in [0.1, 0.15) is 11.6 Å². The van der Waals surface area contributed by atoms with E-state index in [-0.39, 0.29) is 0 Å². The molecule has 0 aromatic carbocycles. The van der Waals surface area contributed by atoms with E-state index in [2.05, 4.69) is 14.9 Å². The number of rotatable bonds is 0. The van der Waals surface area contributed by atoms with Crippen molar-refractivity contribution < 1.29 is 0 Å². The van der Waals surface area contributed by atoms with Crippen molar-refractivity contribution in [1.29, 1.82) is 0 Å². The minimum absolute atomic E-state index is 1.09. The van der Waals surface area contributed by atoms with Gasteiger partial charge in [0.05, 0.1) is 6.20 Å². The summed E-state index contributed by atoms with van der Waals surface area (Å²) in [5.41, 5.74) is 0. The Bertz CT molecular complexity index is 239. The Morgan fingerprint density at radius 1 is 1.70 bits per heavy atom. The molecule has 0 radical (unpaired) electrons. The van der Waals surface area contributed by atoms with Crippen molar-refractivity contribution in [1.82, 2.24) is 9.55 Å². The molecule has 1 N–H and O–H groups in total. The van der Waals surface area contributed by atoms with E-state index in [0.717, 1.165) is 18.9 Å². The molecule has 10 heavy (non-hydrogen) atoms. The lowest BCUT2D eigenvalue weighted by atomic mass is 10.3. The second kappa shape index (κ2) is 2.01. The topological polar surface area (TPSA) is 29.9 Å². The average Bonchev–Trinajstić information content (AvgIpc) is 2.34. The second-order valence-corrected chi connectivity index (χ2v) is 2.62. The number of fused-ring (bicyclic) bond motifs is 1. The van der Waals surface area contributed by atoms with Crippen LogP contribution in [0.25, 0.3) is 0 Å². The van der Waals surface area contributed by atoms with Gasteiger partial charge in [-0.15, -0.1) is 0 Å². The van der Waals surface area contributed by atoms with Gasteiger partial charge in [-0.1, -0.05) is 0 Å². The Morgan fingerprint density at radius 2 is 2.60 bits per heavy atom. The van der Waals surface area contributed by atoms with Crippen LogP contribution in [0.2, 0.25) is 0 Å². The Balaban J connectivity index is 2.45. The molecule has 2 heterocycles. The van der Waals surface area contributed by atoms with Crippen LogP contribution < -0.4 is 5.32 Å². The van der Waals surface area contributed by atoms with Crippen molar-refractivity contribution in [3.05, 3.63) is 12.0 Å². The van der Waals surface area contributed by atoms with Gasteiger partial charge in [0, 0.05) is 13.1 Å². The summed E-state index contributed by atoms with van der Waals surface area (Å²) in [6, 6.07) is 0. The van der Waals surface area contributed by atoms with Crippen molar-refractivity contribution in [2.24, 2.45) is 0 Å². The molecule has 0 bridgehead atoms. The summed E-state index contributed by atoms with van der Waals surface area (Å²) in [5, 5.41) is 3.28. The van der Waals surface area contributed by atoms with Gasteiger partial charge in [0.2, 0.25) is 0 Å². The molecule has 1 aromatic rings. The van der Waals surface area contributed by atoms with Crippen LogP contribution in [-0.4, -0.2) is 16.1 Å². The number of nitrogens with one attached hydrogen (secondary N) is 1. The van der Waals surface area contributed by atoms with Crippen molar-refractivity contribution in [3.63, 3.8) is 0 Å². The van der Waals surface area contributed by atoms with Crippen LogP contribution in [0.5, 0.6) is 0 Å². The first-order valence-electron chi connectivity index (χ1n) is 3.64. The molecule has 2 rings (SSSR count). The van der Waals surface area contributed by atoms with Crippen LogP contribution in [0.15, 0.2) is 6.20 Å². The minimum atomic E-state index is 1.09. The Labute approximate surface area is 60.1 Å². The van der Waals surface area contributed by atoms with E-state index < -0.39 is 0 Å². The molecule has 0 saturated carbocycles. The normalized spacial score (nSPS) is 16.1. The van der Waals surface area contributed by atoms with Crippen molar-refractivity contribution in [3.8, 4) is 0 Å². The zero-order valence-electron chi connectivity index (χ0n) is 6.09. The molecule has 0 unspecified atom stereocenters. The molecule has 0 saturated heterocycles. The van der Waals surface area contributed by atoms with E-state index in [0.29, 0.717) is 0 Å². The fourth-order valence-electron chi connectivity index (χ4n) is 1.35. The summed E-state index contributed by atoms with van der Waals surface area (Å²) < 4.78 is 2.21. The second-order valence-electron chi connectivity index (χ2n) is 2.62. The standard InChI is InChI=1S/C7H11N3/c1-6-9-5-7-8-3-2-4-10(6)7/h5,8H,2-4H2,1H3. The first-order valence-corrected chi connectivity index (χ1v) is 3.64. The summed E-state index contributed by atoms with van der Waals surface area (Å²) >= 11 is 0. The average molecular weight is 137 g/mol. The number of aromatic nitrogens is 2. The number of aryl methyl sites for hydroxylation is 1. The van der Waals surface area contributed by atoms with E-state index in [1.54, 1.807) is 0 Å². The van der Waals surface area contributed by atoms with Gasteiger partial charge in [-0.2, -0.15) is 0 Å². The predicted molar refractivity (Wildman–Crippen MR) is 40.1 cm³/mol. The first-order chi connectivity index (χ1) is 4.88. The van der Waals surface area contributed by atoms with Crippen LogP contribution in [-0.2, 0) is 6.54 Å². The van der Waals surface area contributed by atoms with E-state index in [1.807, 2.05) is 13.1 Å². The Kier molecular flexibility index (Phi) is 1.16. The summed E-state index contributed by atoms with van der Waals surface area (Å²) in [6.45, 7) is 4.25. The van der Waals surface area contributed by atoms with Crippen LogP contribution in [0.1, 0.15) is 12.2 Å². The largest absolute Gasteiger partial charge is 0.370 e. The molecule has 3 heteroatoms. The monoisotopic (exact) mass is 137 g/mol. The molecule has 54 valence electrons. The van der Waals surface area contributed by atoms with Gasteiger partial charge in [-0.25, -0.2) is 4.98 Å². The molecule has 0 amide bonds. The number of hydrogen-bond acceptors (Lipinski definition) is 2. The number of imidazole rings is 1.